The van der Waals surface area contributed by atoms with Gasteiger partial charge in [-0.1, -0.05) is 0 Å². The van der Waals surface area contributed by atoms with E-state index in [9.17, 15) is 5.11 Å². The van der Waals surface area contributed by atoms with E-state index in [2.05, 4.69) is 5.32 Å². The standard InChI is InChI=1S/C11H21NO3/c1-14-11(5-6-15-8-11)7-12-9-3-2-4-10(9)13/h9-10,12-13H,2-8H2,1H3/t9-,10-,11?/m0/s1. The topological polar surface area (TPSA) is 50.7 Å². The predicted molar refractivity (Wildman–Crippen MR) is 56.8 cm³/mol. The number of methoxy groups -OCH3 is 1. The molecule has 4 heteroatoms. The summed E-state index contributed by atoms with van der Waals surface area (Å²) >= 11 is 0. The van der Waals surface area contributed by atoms with E-state index in [0.717, 1.165) is 38.8 Å². The van der Waals surface area contributed by atoms with Crippen molar-refractivity contribution < 1.29 is 14.6 Å². The van der Waals surface area contributed by atoms with E-state index >= 15 is 0 Å². The van der Waals surface area contributed by atoms with Gasteiger partial charge in [0.15, 0.2) is 0 Å². The van der Waals surface area contributed by atoms with Crippen molar-refractivity contribution >= 4 is 0 Å². The molecule has 0 radical (unpaired) electrons. The van der Waals surface area contributed by atoms with Crippen LogP contribution in [0.3, 0.4) is 0 Å². The highest BCUT2D eigenvalue weighted by Crippen LogP contribution is 2.24. The SMILES string of the molecule is COC1(CN[C@H]2CCC[C@@H]2O)CCOC1. The zero-order chi connectivity index (χ0) is 10.7. The molecule has 0 amide bonds. The number of nitrogens with one attached hydrogen (secondary N) is 1. The highest BCUT2D eigenvalue weighted by molar-refractivity contribution is 4.91. The number of aliphatic hydroxyl groups excluding tert-OH is 1. The normalized spacial score (nSPS) is 41.2. The Morgan fingerprint density at radius 1 is 1.53 bits per heavy atom. The molecule has 2 N–H and O–H groups in total. The van der Waals surface area contributed by atoms with E-state index in [1.807, 2.05) is 0 Å². The summed E-state index contributed by atoms with van der Waals surface area (Å²) in [5.74, 6) is 0. The van der Waals surface area contributed by atoms with Crippen LogP contribution < -0.4 is 5.32 Å². The minimum Gasteiger partial charge on any atom is -0.392 e. The first-order chi connectivity index (χ1) is 7.26. The largest absolute Gasteiger partial charge is 0.392 e. The maximum absolute atomic E-state index is 9.68. The highest BCUT2D eigenvalue weighted by Gasteiger charge is 2.36. The van der Waals surface area contributed by atoms with Crippen molar-refractivity contribution in [3.8, 4) is 0 Å². The molecule has 1 heterocycles. The molecular weight excluding hydrogens is 194 g/mol. The predicted octanol–water partition coefficient (Wildman–Crippen LogP) is 0.295. The third-order valence-corrected chi connectivity index (χ3v) is 3.67. The molecule has 0 aromatic carbocycles. The summed E-state index contributed by atoms with van der Waals surface area (Å²) in [5.41, 5.74) is -0.164. The van der Waals surface area contributed by atoms with Gasteiger partial charge in [0, 0.05) is 32.7 Å². The van der Waals surface area contributed by atoms with E-state index in [-0.39, 0.29) is 17.7 Å². The smallest absolute Gasteiger partial charge is 0.106 e. The number of hydrogen-bond donors (Lipinski definition) is 2. The molecule has 1 unspecified atom stereocenters. The van der Waals surface area contributed by atoms with Crippen LogP contribution in [-0.2, 0) is 9.47 Å². The maximum Gasteiger partial charge on any atom is 0.106 e. The Hall–Kier alpha value is -0.160. The van der Waals surface area contributed by atoms with Gasteiger partial charge in [0.05, 0.1) is 12.7 Å². The number of ether oxygens (including phenoxy) is 2. The van der Waals surface area contributed by atoms with E-state index in [4.69, 9.17) is 9.47 Å². The fraction of sp³-hybridized carbons (Fsp3) is 1.00. The van der Waals surface area contributed by atoms with E-state index in [0.29, 0.717) is 6.61 Å². The summed E-state index contributed by atoms with van der Waals surface area (Å²) in [6.07, 6.45) is 3.88. The maximum atomic E-state index is 9.68. The summed E-state index contributed by atoms with van der Waals surface area (Å²) in [6.45, 7) is 2.23. The van der Waals surface area contributed by atoms with Crippen LogP contribution in [0.15, 0.2) is 0 Å². The van der Waals surface area contributed by atoms with Crippen LogP contribution in [0.25, 0.3) is 0 Å². The van der Waals surface area contributed by atoms with Crippen molar-refractivity contribution in [3.63, 3.8) is 0 Å². The van der Waals surface area contributed by atoms with Gasteiger partial charge in [0.25, 0.3) is 0 Å². The molecule has 0 aromatic rings. The molecule has 4 nitrogen and oxygen atoms in total. The lowest BCUT2D eigenvalue weighted by Crippen LogP contribution is -2.48. The zero-order valence-corrected chi connectivity index (χ0v) is 9.37. The Bertz CT molecular complexity index is 204. The first kappa shape index (κ1) is 11.3. The third-order valence-electron chi connectivity index (χ3n) is 3.67. The molecule has 88 valence electrons. The Labute approximate surface area is 90.9 Å². The van der Waals surface area contributed by atoms with Crippen LogP contribution in [0.2, 0.25) is 0 Å². The molecule has 3 atom stereocenters. The van der Waals surface area contributed by atoms with Crippen LogP contribution in [-0.4, -0.2) is 49.7 Å². The van der Waals surface area contributed by atoms with Crippen LogP contribution in [0.5, 0.6) is 0 Å². The highest BCUT2D eigenvalue weighted by atomic mass is 16.5. The summed E-state index contributed by atoms with van der Waals surface area (Å²) in [5, 5.41) is 13.1. The second kappa shape index (κ2) is 4.78. The molecule has 1 saturated heterocycles. The minimum atomic E-state index is -0.179. The van der Waals surface area contributed by atoms with Gasteiger partial charge in [-0.15, -0.1) is 0 Å². The summed E-state index contributed by atoms with van der Waals surface area (Å²) in [6, 6.07) is 0.248. The van der Waals surface area contributed by atoms with Crippen molar-refractivity contribution in [2.24, 2.45) is 0 Å². The van der Waals surface area contributed by atoms with Gasteiger partial charge in [-0.25, -0.2) is 0 Å². The Morgan fingerprint density at radius 2 is 2.40 bits per heavy atom. The van der Waals surface area contributed by atoms with Gasteiger partial charge >= 0.3 is 0 Å². The van der Waals surface area contributed by atoms with Crippen LogP contribution in [0.4, 0.5) is 0 Å². The van der Waals surface area contributed by atoms with E-state index in [1.54, 1.807) is 7.11 Å². The number of hydrogen-bond acceptors (Lipinski definition) is 4. The van der Waals surface area contributed by atoms with Crippen molar-refractivity contribution in [1.82, 2.24) is 5.32 Å². The van der Waals surface area contributed by atoms with Gasteiger partial charge in [0.2, 0.25) is 0 Å². The summed E-state index contributed by atoms with van der Waals surface area (Å²) in [4.78, 5) is 0. The van der Waals surface area contributed by atoms with Gasteiger partial charge in [-0.3, -0.25) is 0 Å². The lowest BCUT2D eigenvalue weighted by Gasteiger charge is -2.28. The zero-order valence-electron chi connectivity index (χ0n) is 9.37. The molecule has 0 aromatic heterocycles. The molecule has 2 fully saturated rings. The molecule has 2 aliphatic rings. The first-order valence-electron chi connectivity index (χ1n) is 5.80. The molecule has 2 rings (SSSR count). The van der Waals surface area contributed by atoms with Gasteiger partial charge in [-0.2, -0.15) is 0 Å². The van der Waals surface area contributed by atoms with Gasteiger partial charge < -0.3 is 19.9 Å². The fourth-order valence-corrected chi connectivity index (χ4v) is 2.46. The monoisotopic (exact) mass is 215 g/mol. The van der Waals surface area contributed by atoms with Crippen LogP contribution >= 0.6 is 0 Å². The van der Waals surface area contributed by atoms with Crippen molar-refractivity contribution in [2.45, 2.75) is 43.4 Å². The average molecular weight is 215 g/mol. The summed E-state index contributed by atoms with van der Waals surface area (Å²) < 4.78 is 10.9. The average Bonchev–Trinajstić information content (AvgIpc) is 2.85. The fourth-order valence-electron chi connectivity index (χ4n) is 2.46. The third kappa shape index (κ3) is 2.50. The van der Waals surface area contributed by atoms with Crippen LogP contribution in [0.1, 0.15) is 25.7 Å². The molecule has 1 saturated carbocycles. The number of aliphatic hydroxyl groups is 1. The second-order valence-corrected chi connectivity index (χ2v) is 4.68. The van der Waals surface area contributed by atoms with Crippen molar-refractivity contribution in [2.75, 3.05) is 26.9 Å². The minimum absolute atomic E-state index is 0.164. The Balaban J connectivity index is 1.80. The Kier molecular flexibility index (Phi) is 3.61. The van der Waals surface area contributed by atoms with Crippen LogP contribution in [0, 0.1) is 0 Å². The molecule has 15 heavy (non-hydrogen) atoms. The number of rotatable bonds is 4. The van der Waals surface area contributed by atoms with E-state index in [1.165, 1.54) is 0 Å². The quantitative estimate of drug-likeness (QED) is 0.708. The Morgan fingerprint density at radius 3 is 2.93 bits per heavy atom. The molecule has 0 bridgehead atoms. The van der Waals surface area contributed by atoms with Gasteiger partial charge in [-0.05, 0) is 19.3 Å². The molecule has 1 aliphatic carbocycles. The lowest BCUT2D eigenvalue weighted by atomic mass is 10.0. The first-order valence-corrected chi connectivity index (χ1v) is 5.80. The summed E-state index contributed by atoms with van der Waals surface area (Å²) in [7, 11) is 1.74. The lowest BCUT2D eigenvalue weighted by molar-refractivity contribution is -0.0199. The van der Waals surface area contributed by atoms with Crippen molar-refractivity contribution in [3.05, 3.63) is 0 Å². The second-order valence-electron chi connectivity index (χ2n) is 4.68. The molecule has 1 aliphatic heterocycles. The van der Waals surface area contributed by atoms with E-state index < -0.39 is 0 Å². The molecular formula is C11H21NO3. The molecule has 0 spiro atoms. The van der Waals surface area contributed by atoms with Gasteiger partial charge in [0.1, 0.15) is 5.60 Å². The van der Waals surface area contributed by atoms with Crippen molar-refractivity contribution in [1.29, 1.82) is 0 Å².